The van der Waals surface area contributed by atoms with Gasteiger partial charge < -0.3 is 5.32 Å². The Morgan fingerprint density at radius 2 is 2.05 bits per heavy atom. The van der Waals surface area contributed by atoms with Gasteiger partial charge in [0.25, 0.3) is 0 Å². The maximum absolute atomic E-state index is 11.7. The van der Waals surface area contributed by atoms with Gasteiger partial charge in [0.05, 0.1) is 11.9 Å². The third kappa shape index (κ3) is 3.25. The summed E-state index contributed by atoms with van der Waals surface area (Å²) in [6.45, 7) is 1.00. The third-order valence-corrected chi connectivity index (χ3v) is 4.93. The molecule has 1 atom stereocenters. The molecule has 1 aliphatic rings. The van der Waals surface area contributed by atoms with E-state index < -0.39 is 10.0 Å². The van der Waals surface area contributed by atoms with Gasteiger partial charge in [-0.1, -0.05) is 23.3 Å². The van der Waals surface area contributed by atoms with E-state index in [1.54, 1.807) is 4.68 Å². The number of benzene rings is 1. The lowest BCUT2D eigenvalue weighted by Gasteiger charge is -2.31. The summed E-state index contributed by atoms with van der Waals surface area (Å²) < 4.78 is 26.5. The molecule has 0 radical (unpaired) electrons. The van der Waals surface area contributed by atoms with Gasteiger partial charge in [-0.15, -0.1) is 0 Å². The van der Waals surface area contributed by atoms with E-state index in [2.05, 4.69) is 20.8 Å². The van der Waals surface area contributed by atoms with Crippen LogP contribution in [0, 0.1) is 0 Å². The van der Waals surface area contributed by atoms with E-state index in [1.165, 1.54) is 10.6 Å². The van der Waals surface area contributed by atoms with Crippen LogP contribution in [0.15, 0.2) is 30.3 Å². The molecule has 1 saturated heterocycles. The van der Waals surface area contributed by atoms with E-state index in [-0.39, 0.29) is 6.04 Å². The van der Waals surface area contributed by atoms with Crippen LogP contribution in [0.4, 0.5) is 5.95 Å². The zero-order valence-electron chi connectivity index (χ0n) is 12.3. The average Bonchev–Trinajstić information content (AvgIpc) is 2.96. The van der Waals surface area contributed by atoms with Gasteiger partial charge in [0.1, 0.15) is 0 Å². The van der Waals surface area contributed by atoms with Crippen LogP contribution >= 0.6 is 0 Å². The van der Waals surface area contributed by atoms with Crippen molar-refractivity contribution in [3.05, 3.63) is 30.3 Å². The van der Waals surface area contributed by atoms with Gasteiger partial charge in [0, 0.05) is 19.1 Å². The van der Waals surface area contributed by atoms with Crippen molar-refractivity contribution in [1.82, 2.24) is 24.5 Å². The summed E-state index contributed by atoms with van der Waals surface area (Å²) in [6, 6.07) is 9.55. The second-order valence-corrected chi connectivity index (χ2v) is 7.34. The van der Waals surface area contributed by atoms with E-state index in [4.69, 9.17) is 0 Å². The molecule has 0 amide bonds. The van der Waals surface area contributed by atoms with E-state index in [1.807, 2.05) is 30.3 Å². The van der Waals surface area contributed by atoms with E-state index in [0.29, 0.717) is 19.0 Å². The first kappa shape index (κ1) is 14.9. The topological polar surface area (TPSA) is 93.0 Å². The van der Waals surface area contributed by atoms with Crippen molar-refractivity contribution in [2.75, 3.05) is 24.7 Å². The monoisotopic (exact) mass is 322 g/mol. The fourth-order valence-electron chi connectivity index (χ4n) is 2.56. The average molecular weight is 322 g/mol. The van der Waals surface area contributed by atoms with Crippen LogP contribution in [0.2, 0.25) is 0 Å². The molecule has 1 N–H and O–H groups in total. The van der Waals surface area contributed by atoms with Gasteiger partial charge in [0.2, 0.25) is 16.0 Å². The van der Waals surface area contributed by atoms with Crippen LogP contribution in [0.25, 0.3) is 5.69 Å². The molecule has 1 unspecified atom stereocenters. The number of anilines is 1. The Kier molecular flexibility index (Phi) is 4.08. The fourth-order valence-corrected chi connectivity index (χ4v) is 3.48. The number of hydrogen-bond donors (Lipinski definition) is 1. The van der Waals surface area contributed by atoms with E-state index in [0.717, 1.165) is 18.5 Å². The molecule has 1 fully saturated rings. The first-order valence-corrected chi connectivity index (χ1v) is 8.94. The second kappa shape index (κ2) is 6.01. The summed E-state index contributed by atoms with van der Waals surface area (Å²) in [7, 11) is -3.17. The number of para-hydroxylation sites is 1. The first-order chi connectivity index (χ1) is 10.5. The highest BCUT2D eigenvalue weighted by atomic mass is 32.2. The van der Waals surface area contributed by atoms with Crippen LogP contribution in [-0.2, 0) is 10.0 Å². The molecular weight excluding hydrogens is 304 g/mol. The quantitative estimate of drug-likeness (QED) is 0.881. The van der Waals surface area contributed by atoms with E-state index >= 15 is 0 Å². The summed E-state index contributed by atoms with van der Waals surface area (Å²) in [5.41, 5.74) is 0.853. The van der Waals surface area contributed by atoms with Gasteiger partial charge in [0.15, 0.2) is 0 Å². The largest absolute Gasteiger partial charge is 0.349 e. The van der Waals surface area contributed by atoms with Gasteiger partial charge in [-0.2, -0.15) is 4.68 Å². The maximum Gasteiger partial charge on any atom is 0.248 e. The van der Waals surface area contributed by atoms with Crippen molar-refractivity contribution in [2.24, 2.45) is 0 Å². The molecule has 1 aliphatic heterocycles. The summed E-state index contributed by atoms with van der Waals surface area (Å²) in [5, 5.41) is 14.9. The van der Waals surface area contributed by atoms with E-state index in [9.17, 15) is 8.42 Å². The molecule has 9 heteroatoms. The van der Waals surface area contributed by atoms with Crippen molar-refractivity contribution >= 4 is 16.0 Å². The smallest absolute Gasteiger partial charge is 0.248 e. The Bertz CT molecular complexity index is 730. The first-order valence-electron chi connectivity index (χ1n) is 7.09. The van der Waals surface area contributed by atoms with Crippen LogP contribution in [-0.4, -0.2) is 58.3 Å². The Morgan fingerprint density at radius 3 is 2.77 bits per heavy atom. The summed E-state index contributed by atoms with van der Waals surface area (Å²) in [4.78, 5) is 0. The number of nitrogens with zero attached hydrogens (tertiary/aromatic N) is 5. The number of rotatable bonds is 4. The Balaban J connectivity index is 1.76. The fraction of sp³-hybridized carbons (Fsp3) is 0.462. The van der Waals surface area contributed by atoms with Crippen molar-refractivity contribution in [3.8, 4) is 5.69 Å². The lowest BCUT2D eigenvalue weighted by atomic mass is 10.1. The van der Waals surface area contributed by atoms with Gasteiger partial charge in [-0.3, -0.25) is 0 Å². The number of aromatic nitrogens is 4. The molecule has 2 heterocycles. The van der Waals surface area contributed by atoms with Gasteiger partial charge in [-0.25, -0.2) is 12.7 Å². The number of tetrazole rings is 1. The normalized spacial score (nSPS) is 20.0. The molecule has 8 nitrogen and oxygen atoms in total. The van der Waals surface area contributed by atoms with Crippen LogP contribution in [0.3, 0.4) is 0 Å². The molecular formula is C13H18N6O2S. The Labute approximate surface area is 129 Å². The molecule has 2 aromatic rings. The molecule has 0 saturated carbocycles. The Morgan fingerprint density at radius 1 is 1.27 bits per heavy atom. The molecule has 1 aromatic heterocycles. The van der Waals surface area contributed by atoms with Crippen LogP contribution in [0.1, 0.15) is 12.8 Å². The molecule has 3 rings (SSSR count). The lowest BCUT2D eigenvalue weighted by Crippen LogP contribution is -2.44. The standard InChI is InChI=1S/C13H18N6O2S/c1-22(20,21)18-9-5-6-11(10-18)14-13-15-16-17-19(13)12-7-3-2-4-8-12/h2-4,7-8,11H,5-6,9-10H2,1H3,(H,14,15,17). The maximum atomic E-state index is 11.7. The SMILES string of the molecule is CS(=O)(=O)N1CCCC(Nc2nnnn2-c2ccccc2)C1. The zero-order chi connectivity index (χ0) is 15.6. The number of piperidine rings is 1. The third-order valence-electron chi connectivity index (χ3n) is 3.66. The predicted octanol–water partition coefficient (Wildman–Crippen LogP) is 0.498. The molecule has 118 valence electrons. The minimum absolute atomic E-state index is 0.00284. The van der Waals surface area contributed by atoms with Crippen molar-refractivity contribution < 1.29 is 8.42 Å². The molecule has 0 spiro atoms. The molecule has 0 aliphatic carbocycles. The summed E-state index contributed by atoms with van der Waals surface area (Å²) in [6.07, 6.45) is 2.94. The molecule has 1 aromatic carbocycles. The predicted molar refractivity (Wildman–Crippen MR) is 82.2 cm³/mol. The molecule has 0 bridgehead atoms. The number of nitrogens with one attached hydrogen (secondary N) is 1. The summed E-state index contributed by atoms with van der Waals surface area (Å²) >= 11 is 0. The van der Waals surface area contributed by atoms with Gasteiger partial charge in [-0.05, 0) is 35.4 Å². The Hall–Kier alpha value is -2.00. The van der Waals surface area contributed by atoms with Crippen LogP contribution in [0.5, 0.6) is 0 Å². The second-order valence-electron chi connectivity index (χ2n) is 5.35. The minimum Gasteiger partial charge on any atom is -0.349 e. The zero-order valence-corrected chi connectivity index (χ0v) is 13.1. The van der Waals surface area contributed by atoms with Crippen molar-refractivity contribution in [1.29, 1.82) is 0 Å². The molecule has 22 heavy (non-hydrogen) atoms. The van der Waals surface area contributed by atoms with Gasteiger partial charge >= 0.3 is 0 Å². The van der Waals surface area contributed by atoms with Crippen LogP contribution < -0.4 is 5.32 Å². The van der Waals surface area contributed by atoms with Crippen molar-refractivity contribution in [3.63, 3.8) is 0 Å². The summed E-state index contributed by atoms with van der Waals surface area (Å²) in [5.74, 6) is 0.520. The minimum atomic E-state index is -3.17. The van der Waals surface area contributed by atoms with Crippen molar-refractivity contribution in [2.45, 2.75) is 18.9 Å². The highest BCUT2D eigenvalue weighted by Gasteiger charge is 2.26. The number of hydrogen-bond acceptors (Lipinski definition) is 6. The number of sulfonamides is 1. The highest BCUT2D eigenvalue weighted by Crippen LogP contribution is 2.18. The highest BCUT2D eigenvalue weighted by molar-refractivity contribution is 7.88. The lowest BCUT2D eigenvalue weighted by molar-refractivity contribution is 0.328.